The van der Waals surface area contributed by atoms with Gasteiger partial charge in [-0.3, -0.25) is 4.79 Å². The molecule has 2 aromatic rings. The number of ether oxygens (including phenoxy) is 2. The summed E-state index contributed by atoms with van der Waals surface area (Å²) in [4.78, 5) is 15.2. The van der Waals surface area contributed by atoms with Crippen molar-refractivity contribution in [2.24, 2.45) is 0 Å². The number of rotatable bonds is 7. The largest absolute Gasteiger partial charge is 0.481 e. The second-order valence-corrected chi connectivity index (χ2v) is 9.03. The number of nitriles is 1. The lowest BCUT2D eigenvalue weighted by Gasteiger charge is -2.36. The summed E-state index contributed by atoms with van der Waals surface area (Å²) in [5.41, 5.74) is 4.64. The van der Waals surface area contributed by atoms with Gasteiger partial charge in [0, 0.05) is 5.39 Å². The van der Waals surface area contributed by atoms with Crippen molar-refractivity contribution >= 4 is 16.9 Å². The van der Waals surface area contributed by atoms with Crippen LogP contribution in [0.15, 0.2) is 6.07 Å². The monoisotopic (exact) mass is 424 g/mol. The van der Waals surface area contributed by atoms with Crippen LogP contribution in [-0.4, -0.2) is 28.8 Å². The molecule has 1 aromatic carbocycles. The zero-order valence-corrected chi connectivity index (χ0v) is 18.6. The van der Waals surface area contributed by atoms with Gasteiger partial charge < -0.3 is 19.6 Å². The number of aryl methyl sites for hydroxylation is 1. The average molecular weight is 425 g/mol. The number of fused-ring (bicyclic) bond motifs is 3. The van der Waals surface area contributed by atoms with Crippen LogP contribution in [0.2, 0.25) is 0 Å². The Morgan fingerprint density at radius 3 is 2.84 bits per heavy atom. The number of carbonyl (C=O) groups is 1. The first-order valence-electron chi connectivity index (χ1n) is 11.5. The molecule has 0 amide bonds. The first kappa shape index (κ1) is 21.9. The zero-order valence-electron chi connectivity index (χ0n) is 18.6. The number of aliphatic carboxylic acids is 1. The Labute approximate surface area is 183 Å². The van der Waals surface area contributed by atoms with E-state index >= 15 is 0 Å². The minimum absolute atomic E-state index is 0.0841. The van der Waals surface area contributed by atoms with Crippen molar-refractivity contribution in [1.82, 2.24) is 4.98 Å². The second kappa shape index (κ2) is 9.02. The van der Waals surface area contributed by atoms with Crippen LogP contribution in [0.3, 0.4) is 0 Å². The molecule has 2 heterocycles. The van der Waals surface area contributed by atoms with Gasteiger partial charge >= 0.3 is 5.97 Å². The number of benzene rings is 1. The lowest BCUT2D eigenvalue weighted by molar-refractivity contribution is -0.149. The molecule has 1 atom stereocenters. The third-order valence-corrected chi connectivity index (χ3v) is 6.97. The predicted octanol–water partition coefficient (Wildman–Crippen LogP) is 5.24. The molecule has 31 heavy (non-hydrogen) atoms. The van der Waals surface area contributed by atoms with Gasteiger partial charge in [-0.1, -0.05) is 32.6 Å². The maximum absolute atomic E-state index is 11.7. The van der Waals surface area contributed by atoms with Crippen molar-refractivity contribution in [3.05, 3.63) is 34.0 Å². The van der Waals surface area contributed by atoms with E-state index in [0.717, 1.165) is 52.5 Å². The van der Waals surface area contributed by atoms with Gasteiger partial charge in [0.25, 0.3) is 0 Å². The molecule has 166 valence electrons. The Morgan fingerprint density at radius 1 is 1.39 bits per heavy atom. The Bertz CT molecular complexity index is 1010. The summed E-state index contributed by atoms with van der Waals surface area (Å²) in [5, 5.41) is 20.4. The van der Waals surface area contributed by atoms with Crippen LogP contribution < -0.4 is 0 Å². The van der Waals surface area contributed by atoms with E-state index in [0.29, 0.717) is 37.7 Å². The third kappa shape index (κ3) is 4.09. The number of carboxylic acids is 1. The number of nitrogens with zero attached hydrogens (tertiary/aromatic N) is 1. The third-order valence-electron chi connectivity index (χ3n) is 6.97. The van der Waals surface area contributed by atoms with E-state index in [2.05, 4.69) is 18.0 Å². The molecule has 0 radical (unpaired) electrons. The first-order valence-corrected chi connectivity index (χ1v) is 11.5. The van der Waals surface area contributed by atoms with Gasteiger partial charge in [0.05, 0.1) is 48.6 Å². The number of hydrogen-bond donors (Lipinski definition) is 2. The number of H-pyrrole nitrogens is 1. The minimum Gasteiger partial charge on any atom is -0.481 e. The molecule has 6 nitrogen and oxygen atoms in total. The number of hydrogen-bond acceptors (Lipinski definition) is 4. The Morgan fingerprint density at radius 2 is 2.16 bits per heavy atom. The van der Waals surface area contributed by atoms with Crippen molar-refractivity contribution in [1.29, 1.82) is 5.26 Å². The maximum atomic E-state index is 11.7. The molecule has 1 aliphatic heterocycles. The molecule has 4 rings (SSSR count). The van der Waals surface area contributed by atoms with Gasteiger partial charge in [-0.15, -0.1) is 0 Å². The quantitative estimate of drug-likeness (QED) is 0.634. The molecule has 0 saturated heterocycles. The van der Waals surface area contributed by atoms with Crippen molar-refractivity contribution in [3.63, 3.8) is 0 Å². The number of nitrogens with one attached hydrogen (secondary N) is 1. The minimum atomic E-state index is -0.876. The second-order valence-electron chi connectivity index (χ2n) is 9.03. The molecule has 2 aliphatic rings. The summed E-state index contributed by atoms with van der Waals surface area (Å²) in [6.07, 6.45) is 8.26. The van der Waals surface area contributed by atoms with E-state index in [-0.39, 0.29) is 6.42 Å². The highest BCUT2D eigenvalue weighted by molar-refractivity contribution is 5.94. The van der Waals surface area contributed by atoms with Crippen molar-refractivity contribution in [2.45, 2.75) is 89.9 Å². The highest BCUT2D eigenvalue weighted by atomic mass is 16.5. The van der Waals surface area contributed by atoms with Crippen molar-refractivity contribution in [3.8, 4) is 6.07 Å². The SMILES string of the molecule is CCCC1(CC(=O)O)OCCc2c1[nH]c1c(C)c(COC3CCCCC3)cc(C#N)c21. The fraction of sp³-hybridized carbons (Fsp3) is 0.600. The molecule has 1 saturated carbocycles. The summed E-state index contributed by atoms with van der Waals surface area (Å²) in [6.45, 7) is 5.06. The van der Waals surface area contributed by atoms with Crippen LogP contribution in [0.5, 0.6) is 0 Å². The topological polar surface area (TPSA) is 95.3 Å². The summed E-state index contributed by atoms with van der Waals surface area (Å²) < 4.78 is 12.3. The Balaban J connectivity index is 1.78. The Kier molecular flexibility index (Phi) is 6.36. The average Bonchev–Trinajstić information content (AvgIpc) is 3.16. The predicted molar refractivity (Wildman–Crippen MR) is 118 cm³/mol. The van der Waals surface area contributed by atoms with Crippen molar-refractivity contribution in [2.75, 3.05) is 6.61 Å². The Hall–Kier alpha value is -2.36. The smallest absolute Gasteiger partial charge is 0.306 e. The van der Waals surface area contributed by atoms with Gasteiger partial charge in [0.15, 0.2) is 0 Å². The van der Waals surface area contributed by atoms with E-state index in [1.807, 2.05) is 13.0 Å². The lowest BCUT2D eigenvalue weighted by Crippen LogP contribution is -2.37. The molecular weight excluding hydrogens is 392 g/mol. The fourth-order valence-electron chi connectivity index (χ4n) is 5.44. The van der Waals surface area contributed by atoms with Gasteiger partial charge in [0.2, 0.25) is 0 Å². The van der Waals surface area contributed by atoms with E-state index < -0.39 is 11.6 Å². The zero-order chi connectivity index (χ0) is 22.0. The summed E-state index contributed by atoms with van der Waals surface area (Å²) in [7, 11) is 0. The van der Waals surface area contributed by atoms with Crippen LogP contribution in [0.25, 0.3) is 10.9 Å². The van der Waals surface area contributed by atoms with E-state index in [9.17, 15) is 15.2 Å². The van der Waals surface area contributed by atoms with Gasteiger partial charge in [0.1, 0.15) is 5.60 Å². The van der Waals surface area contributed by atoms with E-state index in [4.69, 9.17) is 9.47 Å². The van der Waals surface area contributed by atoms with Gasteiger partial charge in [-0.25, -0.2) is 0 Å². The molecule has 6 heteroatoms. The first-order chi connectivity index (χ1) is 15.0. The molecule has 1 aliphatic carbocycles. The van der Waals surface area contributed by atoms with Crippen LogP contribution in [0.1, 0.15) is 86.2 Å². The number of aromatic nitrogens is 1. The highest BCUT2D eigenvalue weighted by Gasteiger charge is 2.42. The molecule has 1 aromatic heterocycles. The summed E-state index contributed by atoms with van der Waals surface area (Å²) >= 11 is 0. The van der Waals surface area contributed by atoms with Gasteiger partial charge in [-0.2, -0.15) is 5.26 Å². The van der Waals surface area contributed by atoms with Crippen LogP contribution in [0, 0.1) is 18.3 Å². The van der Waals surface area contributed by atoms with Crippen LogP contribution >= 0.6 is 0 Å². The molecule has 1 unspecified atom stereocenters. The standard InChI is InChI=1S/C25H32N2O4/c1-3-10-25(13-21(28)29)24-20(9-11-31-25)22-17(14-26)12-18(16(2)23(22)27-24)15-30-19-7-5-4-6-8-19/h12,19,27H,3-11,13,15H2,1-2H3,(H,28,29). The lowest BCUT2D eigenvalue weighted by atomic mass is 9.84. The molecule has 0 bridgehead atoms. The van der Waals surface area contributed by atoms with E-state index in [1.54, 1.807) is 0 Å². The normalized spacial score (nSPS) is 21.7. The van der Waals surface area contributed by atoms with Crippen molar-refractivity contribution < 1.29 is 19.4 Å². The van der Waals surface area contributed by atoms with Crippen LogP contribution in [0.4, 0.5) is 0 Å². The molecule has 1 fully saturated rings. The summed E-state index contributed by atoms with van der Waals surface area (Å²) in [5.74, 6) is -0.876. The summed E-state index contributed by atoms with van der Waals surface area (Å²) in [6, 6.07) is 4.34. The van der Waals surface area contributed by atoms with Gasteiger partial charge in [-0.05, 0) is 55.4 Å². The maximum Gasteiger partial charge on any atom is 0.306 e. The molecule has 0 spiro atoms. The number of aromatic amines is 1. The molecule has 2 N–H and O–H groups in total. The van der Waals surface area contributed by atoms with Crippen LogP contribution in [-0.2, 0) is 32.9 Å². The fourth-order valence-corrected chi connectivity index (χ4v) is 5.44. The number of carboxylic acid groups (broad SMARTS) is 1. The van der Waals surface area contributed by atoms with E-state index in [1.165, 1.54) is 19.3 Å². The molecular formula is C25H32N2O4. The highest BCUT2D eigenvalue weighted by Crippen LogP contribution is 2.44.